The zero-order valence-corrected chi connectivity index (χ0v) is 27.8. The van der Waals surface area contributed by atoms with Gasteiger partial charge in [-0.3, -0.25) is 4.79 Å². The van der Waals surface area contributed by atoms with Gasteiger partial charge in [0.15, 0.2) is 0 Å². The molecule has 0 rings (SSSR count). The molecule has 244 valence electrons. The van der Waals surface area contributed by atoms with E-state index in [9.17, 15) is 9.90 Å². The van der Waals surface area contributed by atoms with Crippen molar-refractivity contribution in [2.24, 2.45) is 0 Å². The molecule has 0 aromatic carbocycles. The SMILES string of the molecule is CC/C=C\C/C=C\C/C=C\CCCCCCCCOCC(CO)OC(=O)CCCCCCC/C=C\CCCCCCC. The number of aliphatic hydroxyl groups excluding tert-OH is 1. The van der Waals surface area contributed by atoms with Crippen LogP contribution in [0.25, 0.3) is 0 Å². The molecule has 0 spiro atoms. The van der Waals surface area contributed by atoms with Crippen LogP contribution in [0.4, 0.5) is 0 Å². The van der Waals surface area contributed by atoms with Gasteiger partial charge < -0.3 is 14.6 Å². The predicted octanol–water partition coefficient (Wildman–Crippen LogP) is 11.1. The third kappa shape index (κ3) is 32.9. The fourth-order valence-corrected chi connectivity index (χ4v) is 4.75. The van der Waals surface area contributed by atoms with E-state index in [0.29, 0.717) is 13.0 Å². The lowest BCUT2D eigenvalue weighted by Gasteiger charge is -2.15. The minimum Gasteiger partial charge on any atom is -0.457 e. The minimum absolute atomic E-state index is 0.182. The molecular formula is C38H68O4. The molecule has 1 atom stereocenters. The molecule has 0 aromatic rings. The summed E-state index contributed by atoms with van der Waals surface area (Å²) in [4.78, 5) is 12.1. The van der Waals surface area contributed by atoms with E-state index in [1.54, 1.807) is 0 Å². The van der Waals surface area contributed by atoms with Crippen LogP contribution in [0.2, 0.25) is 0 Å². The molecule has 1 unspecified atom stereocenters. The summed E-state index contributed by atoms with van der Waals surface area (Å²) in [6.07, 6.45) is 44.3. The highest BCUT2D eigenvalue weighted by molar-refractivity contribution is 5.69. The summed E-state index contributed by atoms with van der Waals surface area (Å²) in [5, 5.41) is 9.54. The number of ether oxygens (including phenoxy) is 2. The summed E-state index contributed by atoms with van der Waals surface area (Å²) >= 11 is 0. The molecule has 0 bridgehead atoms. The van der Waals surface area contributed by atoms with Gasteiger partial charge in [-0.05, 0) is 70.6 Å². The minimum atomic E-state index is -0.544. The van der Waals surface area contributed by atoms with E-state index >= 15 is 0 Å². The fourth-order valence-electron chi connectivity index (χ4n) is 4.75. The van der Waals surface area contributed by atoms with Gasteiger partial charge in [0, 0.05) is 13.0 Å². The second kappa shape index (κ2) is 35.5. The van der Waals surface area contributed by atoms with Crippen molar-refractivity contribution in [2.45, 2.75) is 168 Å². The highest BCUT2D eigenvalue weighted by Gasteiger charge is 2.13. The molecule has 0 fully saturated rings. The third-order valence-electron chi connectivity index (χ3n) is 7.39. The Labute approximate surface area is 261 Å². The van der Waals surface area contributed by atoms with E-state index in [-0.39, 0.29) is 19.2 Å². The molecule has 4 nitrogen and oxygen atoms in total. The number of hydrogen-bond acceptors (Lipinski definition) is 4. The van der Waals surface area contributed by atoms with Crippen LogP contribution in [0.5, 0.6) is 0 Å². The molecule has 0 saturated carbocycles. The Balaban J connectivity index is 3.50. The van der Waals surface area contributed by atoms with E-state index in [1.165, 1.54) is 89.9 Å². The van der Waals surface area contributed by atoms with E-state index in [1.807, 2.05) is 0 Å². The Morgan fingerprint density at radius 1 is 0.595 bits per heavy atom. The number of unbranched alkanes of at least 4 members (excludes halogenated alkanes) is 16. The molecule has 42 heavy (non-hydrogen) atoms. The Hall–Kier alpha value is -1.65. The van der Waals surface area contributed by atoms with Crippen molar-refractivity contribution in [1.29, 1.82) is 0 Å². The Kier molecular flexibility index (Phi) is 34.1. The van der Waals surface area contributed by atoms with Crippen LogP contribution in [0, 0.1) is 0 Å². The summed E-state index contributed by atoms with van der Waals surface area (Å²) in [5.74, 6) is -0.217. The quantitative estimate of drug-likeness (QED) is 0.0482. The standard InChI is InChI=1S/C38H68O4/c1-3-5-7-9-11-13-15-17-19-20-22-24-26-28-30-32-34-41-36-37(35-39)42-38(40)33-31-29-27-25-23-21-18-16-14-12-10-8-6-4-2/h5,7,11,13,16-19,37,39H,3-4,6,8-10,12,14-15,20-36H2,1-2H3/b7-5-,13-11-,18-16-,19-17-. The molecule has 0 aliphatic rings. The Morgan fingerprint density at radius 2 is 1.07 bits per heavy atom. The second-order valence-electron chi connectivity index (χ2n) is 11.6. The Bertz CT molecular complexity index is 664. The molecule has 0 saturated heterocycles. The summed E-state index contributed by atoms with van der Waals surface area (Å²) in [6, 6.07) is 0. The summed E-state index contributed by atoms with van der Waals surface area (Å²) < 4.78 is 11.1. The molecular weight excluding hydrogens is 520 g/mol. The van der Waals surface area contributed by atoms with Gasteiger partial charge in [-0.15, -0.1) is 0 Å². The van der Waals surface area contributed by atoms with Crippen molar-refractivity contribution in [2.75, 3.05) is 19.8 Å². The number of carbonyl (C=O) groups excluding carboxylic acids is 1. The van der Waals surface area contributed by atoms with Crippen LogP contribution in [-0.4, -0.2) is 37.0 Å². The average molecular weight is 589 g/mol. The Morgan fingerprint density at radius 3 is 1.64 bits per heavy atom. The van der Waals surface area contributed by atoms with Crippen LogP contribution in [0.1, 0.15) is 162 Å². The van der Waals surface area contributed by atoms with Gasteiger partial charge in [-0.1, -0.05) is 133 Å². The van der Waals surface area contributed by atoms with Gasteiger partial charge in [-0.2, -0.15) is 0 Å². The maximum atomic E-state index is 12.1. The summed E-state index contributed by atoms with van der Waals surface area (Å²) in [5.41, 5.74) is 0. The summed E-state index contributed by atoms with van der Waals surface area (Å²) in [7, 11) is 0. The van der Waals surface area contributed by atoms with Gasteiger partial charge in [0.2, 0.25) is 0 Å². The normalized spacial score (nSPS) is 12.9. The predicted molar refractivity (Wildman–Crippen MR) is 182 cm³/mol. The van der Waals surface area contributed by atoms with Gasteiger partial charge in [0.25, 0.3) is 0 Å². The maximum absolute atomic E-state index is 12.1. The van der Waals surface area contributed by atoms with Crippen molar-refractivity contribution in [3.05, 3.63) is 48.6 Å². The van der Waals surface area contributed by atoms with Crippen LogP contribution in [0.3, 0.4) is 0 Å². The lowest BCUT2D eigenvalue weighted by molar-refractivity contribution is -0.154. The molecule has 4 heteroatoms. The second-order valence-corrected chi connectivity index (χ2v) is 11.6. The van der Waals surface area contributed by atoms with Crippen molar-refractivity contribution >= 4 is 5.97 Å². The van der Waals surface area contributed by atoms with Crippen molar-refractivity contribution in [3.63, 3.8) is 0 Å². The number of aliphatic hydroxyl groups is 1. The fraction of sp³-hybridized carbons (Fsp3) is 0.763. The zero-order chi connectivity index (χ0) is 30.6. The highest BCUT2D eigenvalue weighted by Crippen LogP contribution is 2.11. The lowest BCUT2D eigenvalue weighted by atomic mass is 10.1. The van der Waals surface area contributed by atoms with Crippen LogP contribution >= 0.6 is 0 Å². The van der Waals surface area contributed by atoms with Crippen molar-refractivity contribution in [3.8, 4) is 0 Å². The first-order valence-electron chi connectivity index (χ1n) is 17.7. The van der Waals surface area contributed by atoms with E-state index in [2.05, 4.69) is 62.5 Å². The van der Waals surface area contributed by atoms with Crippen molar-refractivity contribution < 1.29 is 19.4 Å². The lowest BCUT2D eigenvalue weighted by Crippen LogP contribution is -2.27. The number of hydrogen-bond donors (Lipinski definition) is 1. The van der Waals surface area contributed by atoms with E-state index in [0.717, 1.165) is 51.4 Å². The van der Waals surface area contributed by atoms with Crippen molar-refractivity contribution in [1.82, 2.24) is 0 Å². The average Bonchev–Trinajstić information content (AvgIpc) is 3.00. The number of esters is 1. The molecule has 0 amide bonds. The van der Waals surface area contributed by atoms with Crippen LogP contribution in [-0.2, 0) is 14.3 Å². The first-order chi connectivity index (χ1) is 20.7. The molecule has 0 aliphatic heterocycles. The van der Waals surface area contributed by atoms with E-state index in [4.69, 9.17) is 9.47 Å². The largest absolute Gasteiger partial charge is 0.457 e. The first kappa shape index (κ1) is 40.4. The van der Waals surface area contributed by atoms with E-state index < -0.39 is 6.10 Å². The maximum Gasteiger partial charge on any atom is 0.306 e. The topological polar surface area (TPSA) is 55.8 Å². The molecule has 0 aliphatic carbocycles. The monoisotopic (exact) mass is 589 g/mol. The molecule has 0 aromatic heterocycles. The van der Waals surface area contributed by atoms with Gasteiger partial charge in [0.05, 0.1) is 13.2 Å². The zero-order valence-electron chi connectivity index (χ0n) is 27.8. The summed E-state index contributed by atoms with van der Waals surface area (Å²) in [6.45, 7) is 5.18. The van der Waals surface area contributed by atoms with Crippen LogP contribution in [0.15, 0.2) is 48.6 Å². The third-order valence-corrected chi connectivity index (χ3v) is 7.39. The van der Waals surface area contributed by atoms with Gasteiger partial charge in [0.1, 0.15) is 6.10 Å². The smallest absolute Gasteiger partial charge is 0.306 e. The number of carbonyl (C=O) groups is 1. The molecule has 0 heterocycles. The highest BCUT2D eigenvalue weighted by atomic mass is 16.6. The first-order valence-corrected chi connectivity index (χ1v) is 17.7. The number of allylic oxidation sites excluding steroid dienone is 8. The number of rotatable bonds is 32. The molecule has 0 radical (unpaired) electrons. The molecule has 1 N–H and O–H groups in total. The van der Waals surface area contributed by atoms with Gasteiger partial charge >= 0.3 is 5.97 Å². The van der Waals surface area contributed by atoms with Crippen LogP contribution < -0.4 is 0 Å². The van der Waals surface area contributed by atoms with Gasteiger partial charge in [-0.25, -0.2) is 0 Å².